The fourth-order valence-corrected chi connectivity index (χ4v) is 3.71. The molecule has 4 atom stereocenters. The lowest BCUT2D eigenvalue weighted by atomic mass is 9.96. The van der Waals surface area contributed by atoms with E-state index in [4.69, 9.17) is 4.74 Å². The van der Waals surface area contributed by atoms with Crippen LogP contribution in [0.2, 0.25) is 0 Å². The third-order valence-electron chi connectivity index (χ3n) is 5.16. The molecule has 10 heteroatoms. The molecule has 2 fully saturated rings. The van der Waals surface area contributed by atoms with Crippen molar-refractivity contribution in [3.8, 4) is 0 Å². The van der Waals surface area contributed by atoms with Gasteiger partial charge >= 0.3 is 0 Å². The van der Waals surface area contributed by atoms with E-state index in [1.54, 1.807) is 0 Å². The standard InChI is InChI=1S/C16H23N5O5/c22-6-10-12(23)13(24)16(26-10)20-7-17-11-14(20)18-8-21(25)15(11)19-9-4-2-1-3-5-9/h7-10,12-13,16,22-25H,1-6H2/t10-,12-,13-,16-/m1/s1. The molecule has 1 aliphatic carbocycles. The zero-order valence-corrected chi connectivity index (χ0v) is 14.2. The lowest BCUT2D eigenvalue weighted by Gasteiger charge is -2.18. The molecule has 1 saturated carbocycles. The highest BCUT2D eigenvalue weighted by molar-refractivity contribution is 5.68. The molecule has 2 aliphatic rings. The minimum Gasteiger partial charge on any atom is -0.425 e. The van der Waals surface area contributed by atoms with Crippen molar-refractivity contribution in [2.75, 3.05) is 6.61 Å². The normalized spacial score (nSPS) is 31.1. The van der Waals surface area contributed by atoms with Gasteiger partial charge in [-0.2, -0.15) is 4.73 Å². The SMILES string of the molecule is OC[C@H]1O[C@@H](n2cnc3c(=NC4CCCCC4)n(O)cnc32)[C@H](O)[C@@H]1O. The molecule has 1 aliphatic heterocycles. The molecular weight excluding hydrogens is 342 g/mol. The molecule has 0 amide bonds. The quantitative estimate of drug-likeness (QED) is 0.528. The molecule has 2 aromatic rings. The average molecular weight is 365 g/mol. The summed E-state index contributed by atoms with van der Waals surface area (Å²) < 4.78 is 7.88. The Morgan fingerprint density at radius 1 is 1.12 bits per heavy atom. The third-order valence-corrected chi connectivity index (χ3v) is 5.16. The monoisotopic (exact) mass is 365 g/mol. The largest absolute Gasteiger partial charge is 0.425 e. The number of aromatic nitrogens is 4. The lowest BCUT2D eigenvalue weighted by Crippen LogP contribution is -2.33. The fourth-order valence-electron chi connectivity index (χ4n) is 3.71. The topological polar surface area (TPSA) is 138 Å². The molecule has 4 rings (SSSR count). The van der Waals surface area contributed by atoms with Gasteiger partial charge < -0.3 is 25.3 Å². The maximum atomic E-state index is 10.2. The van der Waals surface area contributed by atoms with Crippen molar-refractivity contribution < 1.29 is 25.3 Å². The smallest absolute Gasteiger partial charge is 0.195 e. The predicted molar refractivity (Wildman–Crippen MR) is 88.1 cm³/mol. The molecule has 26 heavy (non-hydrogen) atoms. The molecule has 4 N–H and O–H groups in total. The van der Waals surface area contributed by atoms with Crippen LogP contribution in [-0.4, -0.2) is 70.8 Å². The van der Waals surface area contributed by atoms with Gasteiger partial charge in [-0.3, -0.25) is 9.56 Å². The summed E-state index contributed by atoms with van der Waals surface area (Å²) in [5.41, 5.74) is 1.07. The number of ether oxygens (including phenoxy) is 1. The van der Waals surface area contributed by atoms with Gasteiger partial charge in [-0.1, -0.05) is 19.3 Å². The number of fused-ring (bicyclic) bond motifs is 1. The van der Waals surface area contributed by atoms with E-state index in [9.17, 15) is 20.5 Å². The van der Waals surface area contributed by atoms with Crippen molar-refractivity contribution in [2.24, 2.45) is 4.99 Å². The van der Waals surface area contributed by atoms with E-state index in [2.05, 4.69) is 15.0 Å². The third kappa shape index (κ3) is 2.88. The Bertz CT molecular complexity index is 843. The van der Waals surface area contributed by atoms with Crippen LogP contribution in [0, 0.1) is 0 Å². The molecule has 0 radical (unpaired) electrons. The summed E-state index contributed by atoms with van der Waals surface area (Å²) in [7, 11) is 0. The molecule has 0 bridgehead atoms. The van der Waals surface area contributed by atoms with E-state index in [1.165, 1.54) is 23.6 Å². The van der Waals surface area contributed by atoms with Crippen LogP contribution in [0.3, 0.4) is 0 Å². The number of nitrogens with zero attached hydrogens (tertiary/aromatic N) is 5. The Morgan fingerprint density at radius 2 is 1.88 bits per heavy atom. The first-order chi connectivity index (χ1) is 12.6. The van der Waals surface area contributed by atoms with E-state index in [0.29, 0.717) is 16.7 Å². The summed E-state index contributed by atoms with van der Waals surface area (Å²) in [6.45, 7) is -0.409. The zero-order valence-electron chi connectivity index (χ0n) is 14.2. The van der Waals surface area contributed by atoms with Crippen molar-refractivity contribution in [2.45, 2.75) is 62.7 Å². The molecule has 142 valence electrons. The molecule has 0 spiro atoms. The number of aliphatic hydroxyl groups is 3. The second-order valence-electron chi connectivity index (χ2n) is 6.89. The van der Waals surface area contributed by atoms with Gasteiger partial charge in [0.25, 0.3) is 0 Å². The summed E-state index contributed by atoms with van der Waals surface area (Å²) >= 11 is 0. The highest BCUT2D eigenvalue weighted by atomic mass is 16.6. The van der Waals surface area contributed by atoms with Gasteiger partial charge in [0, 0.05) is 0 Å². The van der Waals surface area contributed by atoms with Gasteiger partial charge in [0.1, 0.15) is 24.6 Å². The maximum absolute atomic E-state index is 10.2. The second-order valence-corrected chi connectivity index (χ2v) is 6.89. The highest BCUT2D eigenvalue weighted by Gasteiger charge is 2.44. The van der Waals surface area contributed by atoms with Gasteiger partial charge in [0.15, 0.2) is 22.9 Å². The number of rotatable bonds is 3. The van der Waals surface area contributed by atoms with E-state index in [0.717, 1.165) is 30.4 Å². The van der Waals surface area contributed by atoms with Gasteiger partial charge in [0.05, 0.1) is 19.0 Å². The molecule has 1 saturated heterocycles. The van der Waals surface area contributed by atoms with Crippen molar-refractivity contribution in [3.63, 3.8) is 0 Å². The number of aliphatic hydroxyl groups excluding tert-OH is 3. The first-order valence-electron chi connectivity index (χ1n) is 8.90. The van der Waals surface area contributed by atoms with Crippen LogP contribution in [-0.2, 0) is 4.74 Å². The first-order valence-corrected chi connectivity index (χ1v) is 8.90. The summed E-state index contributed by atoms with van der Waals surface area (Å²) in [5, 5.41) is 39.6. The molecule has 0 unspecified atom stereocenters. The predicted octanol–water partition coefficient (Wildman–Crippen LogP) is -0.685. The number of imidazole rings is 1. The van der Waals surface area contributed by atoms with Crippen LogP contribution in [0.25, 0.3) is 11.2 Å². The van der Waals surface area contributed by atoms with Crippen LogP contribution in [0.1, 0.15) is 38.3 Å². The Labute approximate surface area is 149 Å². The minimum atomic E-state index is -1.23. The Morgan fingerprint density at radius 3 is 2.58 bits per heavy atom. The van der Waals surface area contributed by atoms with E-state index >= 15 is 0 Å². The van der Waals surface area contributed by atoms with Gasteiger partial charge in [-0.25, -0.2) is 9.97 Å². The first kappa shape index (κ1) is 17.4. The minimum absolute atomic E-state index is 0.131. The summed E-state index contributed by atoms with van der Waals surface area (Å²) in [6.07, 6.45) is 3.78. The molecular formula is C16H23N5O5. The number of hydrogen-bond donors (Lipinski definition) is 4. The zero-order chi connectivity index (χ0) is 18.3. The lowest BCUT2D eigenvalue weighted by molar-refractivity contribution is -0.0511. The van der Waals surface area contributed by atoms with Crippen LogP contribution < -0.4 is 5.49 Å². The van der Waals surface area contributed by atoms with Crippen molar-refractivity contribution in [1.82, 2.24) is 19.3 Å². The second kappa shape index (κ2) is 6.95. The average Bonchev–Trinajstić information content (AvgIpc) is 3.20. The van der Waals surface area contributed by atoms with Crippen LogP contribution in [0.5, 0.6) is 0 Å². The van der Waals surface area contributed by atoms with Crippen LogP contribution >= 0.6 is 0 Å². The van der Waals surface area contributed by atoms with Crippen molar-refractivity contribution in [3.05, 3.63) is 18.1 Å². The summed E-state index contributed by atoms with van der Waals surface area (Å²) in [5.74, 6) is 0. The summed E-state index contributed by atoms with van der Waals surface area (Å²) in [4.78, 5) is 13.1. The number of hydrogen-bond acceptors (Lipinski definition) is 8. The molecule has 10 nitrogen and oxygen atoms in total. The van der Waals surface area contributed by atoms with Gasteiger partial charge in [-0.15, -0.1) is 0 Å². The molecule has 0 aromatic carbocycles. The Kier molecular flexibility index (Phi) is 4.65. The van der Waals surface area contributed by atoms with E-state index in [1.807, 2.05) is 0 Å². The van der Waals surface area contributed by atoms with E-state index in [-0.39, 0.29) is 6.04 Å². The summed E-state index contributed by atoms with van der Waals surface area (Å²) in [6, 6.07) is 0.131. The molecule has 3 heterocycles. The van der Waals surface area contributed by atoms with Crippen molar-refractivity contribution >= 4 is 11.2 Å². The highest BCUT2D eigenvalue weighted by Crippen LogP contribution is 2.30. The van der Waals surface area contributed by atoms with Crippen LogP contribution in [0.4, 0.5) is 0 Å². The van der Waals surface area contributed by atoms with E-state index < -0.39 is 31.1 Å². The Hall–Kier alpha value is -2.01. The van der Waals surface area contributed by atoms with Crippen molar-refractivity contribution in [1.29, 1.82) is 0 Å². The van der Waals surface area contributed by atoms with Gasteiger partial charge in [0.2, 0.25) is 0 Å². The van der Waals surface area contributed by atoms with Crippen LogP contribution in [0.15, 0.2) is 17.6 Å². The van der Waals surface area contributed by atoms with Gasteiger partial charge in [-0.05, 0) is 12.8 Å². The fraction of sp³-hybridized carbons (Fsp3) is 0.688. The molecule has 2 aromatic heterocycles. The Balaban J connectivity index is 1.76. The maximum Gasteiger partial charge on any atom is 0.195 e.